The highest BCUT2D eigenvalue weighted by atomic mass is 16.5. The Labute approximate surface area is 149 Å². The van der Waals surface area contributed by atoms with Gasteiger partial charge in [0.1, 0.15) is 11.4 Å². The number of nitrogens with zero attached hydrogens (tertiary/aromatic N) is 2. The van der Waals surface area contributed by atoms with E-state index in [1.54, 1.807) is 19.4 Å². The summed E-state index contributed by atoms with van der Waals surface area (Å²) in [5, 5.41) is 6.04. The molecule has 25 heavy (non-hydrogen) atoms. The lowest BCUT2D eigenvalue weighted by atomic mass is 10.1. The number of unbranched alkanes of at least 4 members (excludes halogenated alkanes) is 2. The number of hydrogen-bond acceptors (Lipinski definition) is 5. The molecule has 0 fully saturated rings. The van der Waals surface area contributed by atoms with Crippen LogP contribution < -0.4 is 15.4 Å². The van der Waals surface area contributed by atoms with E-state index in [-0.39, 0.29) is 5.91 Å². The van der Waals surface area contributed by atoms with Crippen LogP contribution in [0.2, 0.25) is 0 Å². The number of aromatic nitrogens is 2. The van der Waals surface area contributed by atoms with E-state index >= 15 is 0 Å². The fourth-order valence-corrected chi connectivity index (χ4v) is 2.38. The first-order valence-corrected chi connectivity index (χ1v) is 8.71. The topological polar surface area (TPSA) is 76.1 Å². The van der Waals surface area contributed by atoms with Gasteiger partial charge < -0.3 is 15.4 Å². The molecule has 1 amide bonds. The first-order valence-electron chi connectivity index (χ1n) is 8.71. The number of nitrogens with one attached hydrogen (secondary N) is 2. The zero-order chi connectivity index (χ0) is 17.9. The molecule has 0 aliphatic rings. The lowest BCUT2D eigenvalue weighted by Gasteiger charge is -2.08. The first-order chi connectivity index (χ1) is 12.2. The van der Waals surface area contributed by atoms with Gasteiger partial charge in [0.2, 0.25) is 5.95 Å². The van der Waals surface area contributed by atoms with Crippen molar-refractivity contribution in [3.63, 3.8) is 0 Å². The van der Waals surface area contributed by atoms with Crippen molar-refractivity contribution >= 4 is 11.9 Å². The lowest BCUT2D eigenvalue weighted by Crippen LogP contribution is -2.25. The van der Waals surface area contributed by atoms with Crippen molar-refractivity contribution in [2.24, 2.45) is 0 Å². The van der Waals surface area contributed by atoms with Gasteiger partial charge in [-0.2, -0.15) is 0 Å². The standard InChI is InChI=1S/C19H26N4O2/c1-3-4-5-11-20-18(24)17-10-13-22-19(23-17)21-12-9-15-7-6-8-16(14-15)25-2/h6-8,10,13-14H,3-5,9,11-12H2,1-2H3,(H,20,24)(H,21,22,23). The maximum absolute atomic E-state index is 12.1. The molecule has 2 rings (SSSR count). The van der Waals surface area contributed by atoms with Gasteiger partial charge in [0, 0.05) is 19.3 Å². The minimum Gasteiger partial charge on any atom is -0.497 e. The number of ether oxygens (including phenoxy) is 1. The molecule has 0 unspecified atom stereocenters. The number of benzene rings is 1. The highest BCUT2D eigenvalue weighted by Gasteiger charge is 2.08. The van der Waals surface area contributed by atoms with Crippen LogP contribution in [-0.2, 0) is 6.42 Å². The summed E-state index contributed by atoms with van der Waals surface area (Å²) in [6.45, 7) is 3.49. The number of hydrogen-bond donors (Lipinski definition) is 2. The van der Waals surface area contributed by atoms with Crippen LogP contribution in [0.3, 0.4) is 0 Å². The third kappa shape index (κ3) is 6.41. The van der Waals surface area contributed by atoms with Gasteiger partial charge in [-0.3, -0.25) is 4.79 Å². The van der Waals surface area contributed by atoms with Gasteiger partial charge in [-0.1, -0.05) is 31.9 Å². The highest BCUT2D eigenvalue weighted by Crippen LogP contribution is 2.13. The smallest absolute Gasteiger partial charge is 0.270 e. The molecule has 0 radical (unpaired) electrons. The number of carbonyl (C=O) groups is 1. The summed E-state index contributed by atoms with van der Waals surface area (Å²) in [6.07, 6.45) is 5.64. The molecule has 1 aromatic carbocycles. The summed E-state index contributed by atoms with van der Waals surface area (Å²) in [5.41, 5.74) is 1.55. The second-order valence-electron chi connectivity index (χ2n) is 5.76. The summed E-state index contributed by atoms with van der Waals surface area (Å²) in [6, 6.07) is 9.56. The summed E-state index contributed by atoms with van der Waals surface area (Å²) in [5.74, 6) is 1.15. The number of carbonyl (C=O) groups excluding carboxylic acids is 1. The molecule has 1 aromatic heterocycles. The molecule has 2 N–H and O–H groups in total. The van der Waals surface area contributed by atoms with Gasteiger partial charge in [0.05, 0.1) is 7.11 Å². The molecule has 0 spiro atoms. The van der Waals surface area contributed by atoms with Crippen LogP contribution in [0.4, 0.5) is 5.95 Å². The van der Waals surface area contributed by atoms with Crippen molar-refractivity contribution < 1.29 is 9.53 Å². The largest absolute Gasteiger partial charge is 0.497 e. The monoisotopic (exact) mass is 342 g/mol. The molecule has 6 nitrogen and oxygen atoms in total. The fraction of sp³-hybridized carbons (Fsp3) is 0.421. The molecular weight excluding hydrogens is 316 g/mol. The van der Waals surface area contributed by atoms with Crippen LogP contribution in [0.5, 0.6) is 5.75 Å². The molecule has 0 bridgehead atoms. The molecule has 0 aliphatic carbocycles. The summed E-state index contributed by atoms with van der Waals surface area (Å²) >= 11 is 0. The molecule has 2 aromatic rings. The highest BCUT2D eigenvalue weighted by molar-refractivity contribution is 5.92. The first kappa shape index (κ1) is 18.7. The molecule has 0 aliphatic heterocycles. The van der Waals surface area contributed by atoms with Crippen LogP contribution in [0.15, 0.2) is 36.5 Å². The zero-order valence-electron chi connectivity index (χ0n) is 14.9. The second-order valence-corrected chi connectivity index (χ2v) is 5.76. The summed E-state index contributed by atoms with van der Waals surface area (Å²) in [4.78, 5) is 20.5. The third-order valence-corrected chi connectivity index (χ3v) is 3.79. The second kappa shape index (κ2) is 10.3. The van der Waals surface area contributed by atoms with E-state index in [9.17, 15) is 4.79 Å². The van der Waals surface area contributed by atoms with E-state index in [0.29, 0.717) is 24.7 Å². The minimum absolute atomic E-state index is 0.158. The van der Waals surface area contributed by atoms with Crippen molar-refractivity contribution in [3.8, 4) is 5.75 Å². The van der Waals surface area contributed by atoms with E-state index in [0.717, 1.165) is 37.0 Å². The zero-order valence-corrected chi connectivity index (χ0v) is 14.9. The van der Waals surface area contributed by atoms with Crippen LogP contribution in [0.1, 0.15) is 42.2 Å². The van der Waals surface area contributed by atoms with Crippen LogP contribution in [0, 0.1) is 0 Å². The third-order valence-electron chi connectivity index (χ3n) is 3.79. The molecular formula is C19H26N4O2. The van der Waals surface area contributed by atoms with Gasteiger partial charge in [-0.15, -0.1) is 0 Å². The Hall–Kier alpha value is -2.63. The van der Waals surface area contributed by atoms with E-state index in [1.807, 2.05) is 24.3 Å². The Bertz CT molecular complexity index is 676. The molecule has 0 saturated heterocycles. The average Bonchev–Trinajstić information content (AvgIpc) is 2.65. The van der Waals surface area contributed by atoms with Crippen molar-refractivity contribution in [2.45, 2.75) is 32.6 Å². The Morgan fingerprint density at radius 3 is 2.88 bits per heavy atom. The maximum Gasteiger partial charge on any atom is 0.270 e. The Morgan fingerprint density at radius 2 is 2.08 bits per heavy atom. The maximum atomic E-state index is 12.1. The predicted molar refractivity (Wildman–Crippen MR) is 99.1 cm³/mol. The quantitative estimate of drug-likeness (QED) is 0.649. The SMILES string of the molecule is CCCCCNC(=O)c1ccnc(NCCc2cccc(OC)c2)n1. The molecule has 0 saturated carbocycles. The average molecular weight is 342 g/mol. The van der Waals surface area contributed by atoms with E-state index < -0.39 is 0 Å². The number of rotatable bonds is 10. The van der Waals surface area contributed by atoms with E-state index in [2.05, 4.69) is 27.5 Å². The van der Waals surface area contributed by atoms with E-state index in [1.165, 1.54) is 0 Å². The van der Waals surface area contributed by atoms with Gasteiger partial charge in [-0.05, 0) is 36.6 Å². The van der Waals surface area contributed by atoms with Gasteiger partial charge in [-0.25, -0.2) is 9.97 Å². The lowest BCUT2D eigenvalue weighted by molar-refractivity contribution is 0.0948. The fourth-order valence-electron chi connectivity index (χ4n) is 2.38. The number of anilines is 1. The molecule has 0 atom stereocenters. The summed E-state index contributed by atoms with van der Waals surface area (Å²) in [7, 11) is 1.66. The molecule has 1 heterocycles. The minimum atomic E-state index is -0.158. The van der Waals surface area contributed by atoms with Crippen molar-refractivity contribution in [1.29, 1.82) is 0 Å². The summed E-state index contributed by atoms with van der Waals surface area (Å²) < 4.78 is 5.22. The van der Waals surface area contributed by atoms with Crippen molar-refractivity contribution in [3.05, 3.63) is 47.8 Å². The van der Waals surface area contributed by atoms with E-state index in [4.69, 9.17) is 4.74 Å². The molecule has 134 valence electrons. The number of methoxy groups -OCH3 is 1. The molecule has 6 heteroatoms. The van der Waals surface area contributed by atoms with Gasteiger partial charge in [0.15, 0.2) is 0 Å². The normalized spacial score (nSPS) is 10.3. The van der Waals surface area contributed by atoms with Crippen molar-refractivity contribution in [1.82, 2.24) is 15.3 Å². The number of amides is 1. The Balaban J connectivity index is 1.83. The van der Waals surface area contributed by atoms with Gasteiger partial charge in [0.25, 0.3) is 5.91 Å². The Kier molecular flexibility index (Phi) is 7.69. The predicted octanol–water partition coefficient (Wildman–Crippen LogP) is 3.06. The van der Waals surface area contributed by atoms with Crippen LogP contribution in [0.25, 0.3) is 0 Å². The van der Waals surface area contributed by atoms with Crippen molar-refractivity contribution in [2.75, 3.05) is 25.5 Å². The Morgan fingerprint density at radius 1 is 1.20 bits per heavy atom. The van der Waals surface area contributed by atoms with Crippen LogP contribution in [-0.4, -0.2) is 36.1 Å². The van der Waals surface area contributed by atoms with Crippen LogP contribution >= 0.6 is 0 Å². The van der Waals surface area contributed by atoms with Gasteiger partial charge >= 0.3 is 0 Å².